The number of benzene rings is 2. The van der Waals surface area contributed by atoms with Gasteiger partial charge in [-0.3, -0.25) is 9.78 Å². The quantitative estimate of drug-likeness (QED) is 0.117. The van der Waals surface area contributed by atoms with E-state index in [1.165, 1.54) is 0 Å². The van der Waals surface area contributed by atoms with Crippen molar-refractivity contribution in [2.75, 3.05) is 7.11 Å². The molecule has 229 valence electrons. The molecule has 3 aromatic heterocycles. The van der Waals surface area contributed by atoms with Crippen LogP contribution in [-0.4, -0.2) is 67.0 Å². The van der Waals surface area contributed by atoms with Gasteiger partial charge in [0.05, 0.1) is 18.2 Å². The number of hydrogen-bond acceptors (Lipinski definition) is 6. The Bertz CT molecular complexity index is 1750. The molecule has 5 aromatic rings. The van der Waals surface area contributed by atoms with E-state index in [9.17, 15) is 9.90 Å². The number of thioether (sulfide) groups is 1. The summed E-state index contributed by atoms with van der Waals surface area (Å²) in [6.07, 6.45) is 3.95. The zero-order chi connectivity index (χ0) is 31.5. The first kappa shape index (κ1) is 34.6. The molecule has 7 nitrogen and oxygen atoms in total. The molecule has 5 rings (SSSR count). The van der Waals surface area contributed by atoms with Crippen molar-refractivity contribution in [1.82, 2.24) is 14.5 Å². The largest absolute Gasteiger partial charge is 0.487 e. The summed E-state index contributed by atoms with van der Waals surface area (Å²) >= 11 is 1.77. The Morgan fingerprint density at radius 2 is 1.67 bits per heavy atom. The van der Waals surface area contributed by atoms with Gasteiger partial charge in [0.25, 0.3) is 0 Å². The van der Waals surface area contributed by atoms with E-state index in [0.717, 1.165) is 49.6 Å². The predicted molar refractivity (Wildman–Crippen MR) is 182 cm³/mol. The molecular formula is C36H39N3NaO4S. The SMILES string of the molecule is COc1ccc(-c2ccc(Cn3c(CC(C)(C)C(=O)O)c(SC(C)(C)C)c4cc(OCc5ccccn5)ccc43)cc2)cn1.[Na]. The second-order valence-electron chi connectivity index (χ2n) is 12.5. The number of aromatic nitrogens is 3. The zero-order valence-electron chi connectivity index (χ0n) is 27.1. The molecule has 0 amide bonds. The van der Waals surface area contributed by atoms with Crippen molar-refractivity contribution in [3.8, 4) is 22.8 Å². The average Bonchev–Trinajstić information content (AvgIpc) is 3.26. The van der Waals surface area contributed by atoms with Gasteiger partial charge in [0.2, 0.25) is 5.88 Å². The van der Waals surface area contributed by atoms with Gasteiger partial charge in [-0.1, -0.05) is 51.1 Å². The third-order valence-electron chi connectivity index (χ3n) is 7.37. The number of carboxylic acids is 1. The molecule has 45 heavy (non-hydrogen) atoms. The third kappa shape index (κ3) is 8.50. The van der Waals surface area contributed by atoms with Gasteiger partial charge in [0.15, 0.2) is 0 Å². The molecule has 0 aliphatic heterocycles. The average molecular weight is 633 g/mol. The molecule has 0 spiro atoms. The van der Waals surface area contributed by atoms with Crippen molar-refractivity contribution in [2.45, 2.75) is 63.8 Å². The number of aliphatic carboxylic acids is 1. The van der Waals surface area contributed by atoms with E-state index < -0.39 is 11.4 Å². The van der Waals surface area contributed by atoms with Gasteiger partial charge in [-0.2, -0.15) is 0 Å². The molecule has 3 heterocycles. The first-order chi connectivity index (χ1) is 20.9. The number of rotatable bonds is 11. The van der Waals surface area contributed by atoms with E-state index in [2.05, 4.69) is 71.7 Å². The fraction of sp³-hybridized carbons (Fsp3) is 0.306. The molecule has 0 saturated heterocycles. The molecule has 9 heteroatoms. The molecule has 0 fully saturated rings. The molecule has 0 aliphatic rings. The van der Waals surface area contributed by atoms with Crippen LogP contribution in [0.2, 0.25) is 0 Å². The first-order valence-corrected chi connectivity index (χ1v) is 15.4. The predicted octanol–water partition coefficient (Wildman–Crippen LogP) is 7.90. The molecule has 0 saturated carbocycles. The van der Waals surface area contributed by atoms with Crippen LogP contribution in [0.1, 0.15) is 51.6 Å². The van der Waals surface area contributed by atoms with Gasteiger partial charge in [-0.05, 0) is 61.4 Å². The topological polar surface area (TPSA) is 86.5 Å². The van der Waals surface area contributed by atoms with Crippen molar-refractivity contribution in [3.63, 3.8) is 0 Å². The smallest absolute Gasteiger partial charge is 0.309 e. The van der Waals surface area contributed by atoms with Crippen LogP contribution in [0.5, 0.6) is 11.6 Å². The number of methoxy groups -OCH3 is 1. The standard InChI is InChI=1S/C36H39N3O4S.Na/c1-35(2,3)44-33-29-19-28(43-23-27-9-7-8-18-37-27)15-16-30(29)39(31(33)20-36(4,5)34(40)41)22-24-10-12-25(13-11-24)26-14-17-32(42-6)38-21-26;/h7-19,21H,20,22-23H2,1-6H3,(H,40,41);. The Balaban J connectivity index is 0.00000461. The maximum absolute atomic E-state index is 12.3. The zero-order valence-corrected chi connectivity index (χ0v) is 29.9. The third-order valence-corrected chi connectivity index (χ3v) is 8.65. The summed E-state index contributed by atoms with van der Waals surface area (Å²) in [5.41, 5.74) is 5.14. The van der Waals surface area contributed by atoms with Crippen molar-refractivity contribution in [1.29, 1.82) is 0 Å². The Labute approximate surface area is 291 Å². The van der Waals surface area contributed by atoms with Gasteiger partial charge in [0.1, 0.15) is 12.4 Å². The second-order valence-corrected chi connectivity index (χ2v) is 14.4. The Hall–Kier alpha value is -3.30. The van der Waals surface area contributed by atoms with Crippen LogP contribution < -0.4 is 9.47 Å². The van der Waals surface area contributed by atoms with Gasteiger partial charge in [-0.25, -0.2) is 4.98 Å². The van der Waals surface area contributed by atoms with E-state index in [4.69, 9.17) is 9.47 Å². The summed E-state index contributed by atoms with van der Waals surface area (Å²) in [4.78, 5) is 22.1. The van der Waals surface area contributed by atoms with Crippen molar-refractivity contribution < 1.29 is 19.4 Å². The van der Waals surface area contributed by atoms with Gasteiger partial charge < -0.3 is 19.1 Å². The van der Waals surface area contributed by atoms with Gasteiger partial charge in [0, 0.05) is 92.8 Å². The number of hydrogen-bond donors (Lipinski definition) is 1. The molecule has 0 unspecified atom stereocenters. The van der Waals surface area contributed by atoms with Crippen LogP contribution in [0.25, 0.3) is 22.0 Å². The number of carbonyl (C=O) groups is 1. The summed E-state index contributed by atoms with van der Waals surface area (Å²) < 4.78 is 13.6. The van der Waals surface area contributed by atoms with Crippen LogP contribution >= 0.6 is 11.8 Å². The first-order valence-electron chi connectivity index (χ1n) is 14.6. The number of pyridine rings is 2. The summed E-state index contributed by atoms with van der Waals surface area (Å²) in [7, 11) is 1.61. The minimum absolute atomic E-state index is 0. The van der Waals surface area contributed by atoms with E-state index in [1.54, 1.807) is 38.9 Å². The maximum atomic E-state index is 12.3. The van der Waals surface area contributed by atoms with Crippen LogP contribution in [0.3, 0.4) is 0 Å². The normalized spacial score (nSPS) is 11.7. The number of ether oxygens (including phenoxy) is 2. The summed E-state index contributed by atoms with van der Waals surface area (Å²) in [5, 5.41) is 11.2. The molecule has 2 aromatic carbocycles. The Kier molecular flexibility index (Phi) is 11.1. The fourth-order valence-corrected chi connectivity index (χ4v) is 6.20. The Morgan fingerprint density at radius 3 is 2.27 bits per heavy atom. The minimum atomic E-state index is -0.956. The van der Waals surface area contributed by atoms with Gasteiger partial charge >= 0.3 is 5.97 Å². The molecule has 0 bridgehead atoms. The van der Waals surface area contributed by atoms with Crippen LogP contribution in [0.4, 0.5) is 0 Å². The van der Waals surface area contributed by atoms with Crippen LogP contribution in [0, 0.1) is 5.41 Å². The Morgan fingerprint density at radius 1 is 0.933 bits per heavy atom. The summed E-state index contributed by atoms with van der Waals surface area (Å²) in [5.74, 6) is 0.506. The molecule has 1 radical (unpaired) electrons. The maximum Gasteiger partial charge on any atom is 0.309 e. The van der Waals surface area contributed by atoms with Gasteiger partial charge in [-0.15, -0.1) is 11.8 Å². The summed E-state index contributed by atoms with van der Waals surface area (Å²) in [6, 6.07) is 24.2. The molecule has 0 atom stereocenters. The monoisotopic (exact) mass is 632 g/mol. The van der Waals surface area contributed by atoms with Crippen molar-refractivity contribution in [2.24, 2.45) is 5.41 Å². The van der Waals surface area contributed by atoms with Crippen LogP contribution in [0.15, 0.2) is 90.1 Å². The van der Waals surface area contributed by atoms with Crippen LogP contribution in [-0.2, 0) is 24.4 Å². The van der Waals surface area contributed by atoms with E-state index in [1.807, 2.05) is 42.6 Å². The van der Waals surface area contributed by atoms with Crippen molar-refractivity contribution in [3.05, 3.63) is 102 Å². The molecular weight excluding hydrogens is 593 g/mol. The molecule has 1 N–H and O–H groups in total. The summed E-state index contributed by atoms with van der Waals surface area (Å²) in [6.45, 7) is 11.1. The van der Waals surface area contributed by atoms with E-state index in [-0.39, 0.29) is 34.3 Å². The number of nitrogens with zero attached hydrogens (tertiary/aromatic N) is 3. The number of carboxylic acid groups (broad SMARTS) is 1. The van der Waals surface area contributed by atoms with Crippen molar-refractivity contribution >= 4 is 58.2 Å². The molecule has 0 aliphatic carbocycles. The minimum Gasteiger partial charge on any atom is -0.487 e. The number of fused-ring (bicyclic) bond motifs is 1. The fourth-order valence-electron chi connectivity index (χ4n) is 5.01. The van der Waals surface area contributed by atoms with E-state index in [0.29, 0.717) is 25.5 Å². The van der Waals surface area contributed by atoms with E-state index >= 15 is 0 Å². The second kappa shape index (κ2) is 14.4.